The number of furan rings is 1. The molecule has 2 atom stereocenters. The third kappa shape index (κ3) is 2.71. The molecule has 0 aromatic carbocycles. The zero-order valence-corrected chi connectivity index (χ0v) is 12.2. The number of hydrogen-bond donors (Lipinski definition) is 1. The summed E-state index contributed by atoms with van der Waals surface area (Å²) in [7, 11) is 0. The molecule has 2 heterocycles. The number of aliphatic carboxylic acids is 1. The molecule has 1 amide bonds. The van der Waals surface area contributed by atoms with Gasteiger partial charge >= 0.3 is 5.97 Å². The Morgan fingerprint density at radius 2 is 2.20 bits per heavy atom. The fourth-order valence-electron chi connectivity index (χ4n) is 2.83. The Morgan fingerprint density at radius 1 is 1.50 bits per heavy atom. The van der Waals surface area contributed by atoms with Crippen LogP contribution in [-0.2, 0) is 11.2 Å². The highest BCUT2D eigenvalue weighted by atomic mass is 16.4. The second-order valence-corrected chi connectivity index (χ2v) is 5.53. The number of piperidine rings is 1. The van der Waals surface area contributed by atoms with E-state index < -0.39 is 5.97 Å². The highest BCUT2D eigenvalue weighted by Gasteiger charge is 2.34. The van der Waals surface area contributed by atoms with Gasteiger partial charge in [-0.3, -0.25) is 9.59 Å². The lowest BCUT2D eigenvalue weighted by atomic mass is 9.87. The Labute approximate surface area is 118 Å². The number of aryl methyl sites for hydroxylation is 2. The number of nitrogens with zero attached hydrogens (tertiary/aromatic N) is 1. The van der Waals surface area contributed by atoms with Crippen LogP contribution < -0.4 is 0 Å². The molecule has 1 saturated heterocycles. The van der Waals surface area contributed by atoms with Gasteiger partial charge < -0.3 is 14.4 Å². The first-order valence-electron chi connectivity index (χ1n) is 7.05. The van der Waals surface area contributed by atoms with Gasteiger partial charge in [-0.25, -0.2) is 0 Å². The van der Waals surface area contributed by atoms with Gasteiger partial charge in [-0.1, -0.05) is 13.8 Å². The summed E-state index contributed by atoms with van der Waals surface area (Å²) in [4.78, 5) is 25.2. The van der Waals surface area contributed by atoms with Gasteiger partial charge in [0.2, 0.25) is 0 Å². The van der Waals surface area contributed by atoms with Gasteiger partial charge in [0.1, 0.15) is 5.76 Å². The van der Waals surface area contributed by atoms with E-state index in [4.69, 9.17) is 9.52 Å². The van der Waals surface area contributed by atoms with Crippen molar-refractivity contribution in [3.8, 4) is 0 Å². The maximum atomic E-state index is 12.4. The van der Waals surface area contributed by atoms with Crippen molar-refractivity contribution in [2.75, 3.05) is 13.1 Å². The lowest BCUT2D eigenvalue weighted by molar-refractivity contribution is -0.145. The van der Waals surface area contributed by atoms with Crippen LogP contribution in [0.2, 0.25) is 0 Å². The summed E-state index contributed by atoms with van der Waals surface area (Å²) in [6.07, 6.45) is 1.26. The summed E-state index contributed by atoms with van der Waals surface area (Å²) in [6, 6.07) is 1.77. The molecule has 1 fully saturated rings. The van der Waals surface area contributed by atoms with Gasteiger partial charge in [0.05, 0.1) is 5.92 Å². The average Bonchev–Trinajstić information content (AvgIpc) is 2.78. The van der Waals surface area contributed by atoms with Gasteiger partial charge in [-0.15, -0.1) is 0 Å². The van der Waals surface area contributed by atoms with Crippen LogP contribution in [0.25, 0.3) is 0 Å². The number of rotatable bonds is 3. The van der Waals surface area contributed by atoms with Crippen molar-refractivity contribution in [2.45, 2.75) is 33.6 Å². The van der Waals surface area contributed by atoms with Crippen LogP contribution in [0.5, 0.6) is 0 Å². The van der Waals surface area contributed by atoms with Crippen molar-refractivity contribution < 1.29 is 19.1 Å². The zero-order chi connectivity index (χ0) is 14.9. The number of hydrogen-bond acceptors (Lipinski definition) is 3. The number of amides is 1. The van der Waals surface area contributed by atoms with E-state index >= 15 is 0 Å². The Morgan fingerprint density at radius 3 is 2.70 bits per heavy atom. The summed E-state index contributed by atoms with van der Waals surface area (Å²) in [5, 5.41) is 9.10. The van der Waals surface area contributed by atoms with Crippen LogP contribution in [0.15, 0.2) is 10.5 Å². The monoisotopic (exact) mass is 279 g/mol. The molecule has 1 aliphatic rings. The standard InChI is InChI=1S/C15H21NO4/c1-4-12-9(2)7-13(20-12)14(17)16-6-5-11(15(18)19)10(3)8-16/h7,10-11H,4-6,8H2,1-3H3,(H,18,19). The minimum atomic E-state index is -0.772. The molecule has 0 spiro atoms. The van der Waals surface area contributed by atoms with Crippen molar-refractivity contribution in [3.63, 3.8) is 0 Å². The van der Waals surface area contributed by atoms with Gasteiger partial charge in [0.25, 0.3) is 5.91 Å². The predicted molar refractivity (Wildman–Crippen MR) is 73.6 cm³/mol. The van der Waals surface area contributed by atoms with Gasteiger partial charge in [0.15, 0.2) is 5.76 Å². The molecule has 0 bridgehead atoms. The number of likely N-dealkylation sites (tertiary alicyclic amines) is 1. The van der Waals surface area contributed by atoms with Crippen molar-refractivity contribution in [1.29, 1.82) is 0 Å². The second kappa shape index (κ2) is 5.69. The Balaban J connectivity index is 2.09. The van der Waals surface area contributed by atoms with Gasteiger partial charge in [-0.2, -0.15) is 0 Å². The molecule has 0 saturated carbocycles. The van der Waals surface area contributed by atoms with Crippen LogP contribution in [0.1, 0.15) is 42.1 Å². The minimum absolute atomic E-state index is 0.0353. The lowest BCUT2D eigenvalue weighted by Crippen LogP contribution is -2.44. The fourth-order valence-corrected chi connectivity index (χ4v) is 2.83. The number of carbonyl (C=O) groups is 2. The topological polar surface area (TPSA) is 70.8 Å². The van der Waals surface area contributed by atoms with E-state index in [1.54, 1.807) is 11.0 Å². The molecule has 1 N–H and O–H groups in total. The second-order valence-electron chi connectivity index (χ2n) is 5.53. The van der Waals surface area contributed by atoms with E-state index in [1.165, 1.54) is 0 Å². The van der Waals surface area contributed by atoms with Crippen molar-refractivity contribution in [3.05, 3.63) is 23.2 Å². The van der Waals surface area contributed by atoms with E-state index in [9.17, 15) is 9.59 Å². The Kier molecular flexibility index (Phi) is 4.16. The highest BCUT2D eigenvalue weighted by molar-refractivity contribution is 5.92. The number of carboxylic acids is 1. The van der Waals surface area contributed by atoms with E-state index in [1.807, 2.05) is 20.8 Å². The van der Waals surface area contributed by atoms with Gasteiger partial charge in [-0.05, 0) is 30.9 Å². The molecule has 110 valence electrons. The largest absolute Gasteiger partial charge is 0.481 e. The third-order valence-corrected chi connectivity index (χ3v) is 4.06. The first kappa shape index (κ1) is 14.6. The normalized spacial score (nSPS) is 22.9. The summed E-state index contributed by atoms with van der Waals surface area (Å²) in [5.74, 6) is -0.104. The predicted octanol–water partition coefficient (Wildman–Crippen LogP) is 2.33. The molecule has 1 aromatic rings. The molecule has 5 nitrogen and oxygen atoms in total. The molecule has 0 aliphatic carbocycles. The van der Waals surface area contributed by atoms with Crippen molar-refractivity contribution in [1.82, 2.24) is 4.90 Å². The molecule has 2 unspecified atom stereocenters. The molecule has 20 heavy (non-hydrogen) atoms. The van der Waals surface area contributed by atoms with E-state index in [2.05, 4.69) is 0 Å². The summed E-state index contributed by atoms with van der Waals surface area (Å²) < 4.78 is 5.58. The van der Waals surface area contributed by atoms with Crippen LogP contribution in [-0.4, -0.2) is 35.0 Å². The summed E-state index contributed by atoms with van der Waals surface area (Å²) in [6.45, 7) is 6.74. The number of carbonyl (C=O) groups excluding carboxylic acids is 1. The quantitative estimate of drug-likeness (QED) is 0.921. The molecule has 0 radical (unpaired) electrons. The lowest BCUT2D eigenvalue weighted by Gasteiger charge is -2.34. The SMILES string of the molecule is CCc1oc(C(=O)N2CCC(C(=O)O)C(C)C2)cc1C. The summed E-state index contributed by atoms with van der Waals surface area (Å²) >= 11 is 0. The molecular weight excluding hydrogens is 258 g/mol. The third-order valence-electron chi connectivity index (χ3n) is 4.06. The molecular formula is C15H21NO4. The van der Waals surface area contributed by atoms with E-state index in [0.717, 1.165) is 17.7 Å². The Hall–Kier alpha value is -1.78. The number of carboxylic acid groups (broad SMARTS) is 1. The van der Waals surface area contributed by atoms with E-state index in [-0.39, 0.29) is 17.7 Å². The van der Waals surface area contributed by atoms with Crippen LogP contribution in [0, 0.1) is 18.8 Å². The fraction of sp³-hybridized carbons (Fsp3) is 0.600. The minimum Gasteiger partial charge on any atom is -0.481 e. The molecule has 2 rings (SSSR count). The first-order valence-corrected chi connectivity index (χ1v) is 7.05. The molecule has 1 aromatic heterocycles. The van der Waals surface area contributed by atoms with Crippen LogP contribution in [0.3, 0.4) is 0 Å². The zero-order valence-electron chi connectivity index (χ0n) is 12.2. The van der Waals surface area contributed by atoms with Gasteiger partial charge in [0, 0.05) is 19.5 Å². The average molecular weight is 279 g/mol. The van der Waals surface area contributed by atoms with Crippen molar-refractivity contribution >= 4 is 11.9 Å². The maximum absolute atomic E-state index is 12.4. The van der Waals surface area contributed by atoms with Crippen LogP contribution >= 0.6 is 0 Å². The molecule has 5 heteroatoms. The maximum Gasteiger partial charge on any atom is 0.306 e. The first-order chi connectivity index (χ1) is 9.43. The molecule has 1 aliphatic heterocycles. The van der Waals surface area contributed by atoms with Crippen molar-refractivity contribution in [2.24, 2.45) is 11.8 Å². The van der Waals surface area contributed by atoms with Crippen LogP contribution in [0.4, 0.5) is 0 Å². The summed E-state index contributed by atoms with van der Waals surface area (Å²) in [5.41, 5.74) is 0.990. The van der Waals surface area contributed by atoms with E-state index in [0.29, 0.717) is 25.3 Å². The Bertz CT molecular complexity index is 520. The highest BCUT2D eigenvalue weighted by Crippen LogP contribution is 2.25. The smallest absolute Gasteiger partial charge is 0.306 e.